The maximum atomic E-state index is 12.9. The molecule has 0 spiro atoms. The number of ketones is 1. The van der Waals surface area contributed by atoms with Gasteiger partial charge in [-0.3, -0.25) is 9.59 Å². The molecule has 2 aliphatic rings. The third kappa shape index (κ3) is 5.39. The van der Waals surface area contributed by atoms with Crippen molar-refractivity contribution >= 4 is 27.8 Å². The Bertz CT molecular complexity index is 964. The molecule has 1 amide bonds. The summed E-state index contributed by atoms with van der Waals surface area (Å²) in [4.78, 5) is 25.8. The number of piperidine rings is 2. The largest absolute Gasteiger partial charge is 0.387 e. The number of nitrogens with zero attached hydrogens (tertiary/aromatic N) is 2. The molecule has 0 aliphatic carbocycles. The number of sulfonamides is 1. The van der Waals surface area contributed by atoms with Gasteiger partial charge in [0.25, 0.3) is 5.91 Å². The lowest BCUT2D eigenvalue weighted by Gasteiger charge is -2.36. The summed E-state index contributed by atoms with van der Waals surface area (Å²) < 4.78 is 39.4. The van der Waals surface area contributed by atoms with Crippen LogP contribution in [0.25, 0.3) is 6.08 Å². The molecule has 2 fully saturated rings. The second kappa shape index (κ2) is 9.18. The number of hydrogen-bond acceptors (Lipinski definition) is 5. The first-order valence-electron chi connectivity index (χ1n) is 10.4. The average Bonchev–Trinajstić information content (AvgIpc) is 2.73. The van der Waals surface area contributed by atoms with E-state index < -0.39 is 22.3 Å². The molecule has 0 saturated carbocycles. The Kier molecular flexibility index (Phi) is 6.98. The number of benzene rings is 1. The highest BCUT2D eigenvalue weighted by atomic mass is 32.2. The molecule has 31 heavy (non-hydrogen) atoms. The van der Waals surface area contributed by atoms with E-state index in [4.69, 9.17) is 0 Å². The van der Waals surface area contributed by atoms with Crippen LogP contribution >= 0.6 is 0 Å². The number of carbonyl (C=O) groups excluding carboxylic acids is 2. The number of aryl methyl sites for hydroxylation is 2. The Morgan fingerprint density at radius 2 is 1.68 bits per heavy atom. The Morgan fingerprint density at radius 1 is 1.13 bits per heavy atom. The lowest BCUT2D eigenvalue weighted by molar-refractivity contribution is -0.120. The van der Waals surface area contributed by atoms with Crippen molar-refractivity contribution < 1.29 is 27.5 Å². The minimum Gasteiger partial charge on any atom is -0.387 e. The van der Waals surface area contributed by atoms with Gasteiger partial charge in [-0.2, -0.15) is 4.31 Å². The Labute approximate surface area is 182 Å². The fraction of sp³-hybridized carbons (Fsp3) is 0.545. The number of Topliss-reactive ketones (excluding diaryl/α,β-unsaturated/α-hetero) is 1. The molecule has 0 aromatic heterocycles. The van der Waals surface area contributed by atoms with E-state index in [0.29, 0.717) is 5.56 Å². The number of rotatable bonds is 5. The molecule has 1 aromatic rings. The SMILES string of the molecule is Cc1cc(C(=O)N2CCC(O)(CF)CC2)cc(C)c1C=CS(=O)(=O)N1CCC(=O)CC1. The van der Waals surface area contributed by atoms with Gasteiger partial charge in [0.05, 0.1) is 5.60 Å². The molecule has 0 bridgehead atoms. The summed E-state index contributed by atoms with van der Waals surface area (Å²) in [5.74, 6) is -0.112. The van der Waals surface area contributed by atoms with Crippen LogP contribution in [0.1, 0.15) is 52.7 Å². The van der Waals surface area contributed by atoms with Crippen molar-refractivity contribution in [3.05, 3.63) is 39.8 Å². The summed E-state index contributed by atoms with van der Waals surface area (Å²) in [6, 6.07) is 3.44. The van der Waals surface area contributed by atoms with Gasteiger partial charge in [0.1, 0.15) is 12.5 Å². The van der Waals surface area contributed by atoms with E-state index in [0.717, 1.165) is 22.1 Å². The highest BCUT2D eigenvalue weighted by Crippen LogP contribution is 2.26. The molecule has 2 saturated heterocycles. The monoisotopic (exact) mass is 452 g/mol. The molecule has 2 aliphatic heterocycles. The van der Waals surface area contributed by atoms with Crippen LogP contribution in [0.3, 0.4) is 0 Å². The Hall–Kier alpha value is -2.10. The van der Waals surface area contributed by atoms with Crippen LogP contribution in [-0.2, 0) is 14.8 Å². The lowest BCUT2D eigenvalue weighted by Crippen LogP contribution is -2.47. The van der Waals surface area contributed by atoms with E-state index in [9.17, 15) is 27.5 Å². The predicted molar refractivity (Wildman–Crippen MR) is 116 cm³/mol. The molecule has 7 nitrogen and oxygen atoms in total. The standard InChI is InChI=1S/C22H29FN2O5S/c1-16-13-18(21(27)24-10-6-22(28,15-23)7-11-24)14-17(2)20(16)5-12-31(29,30)25-8-3-19(26)4-9-25/h5,12-14,28H,3-4,6-11,15H2,1-2H3. The number of aliphatic hydroxyl groups is 1. The smallest absolute Gasteiger partial charge is 0.253 e. The number of likely N-dealkylation sites (tertiary alicyclic amines) is 1. The van der Waals surface area contributed by atoms with E-state index in [-0.39, 0.29) is 63.6 Å². The summed E-state index contributed by atoms with van der Waals surface area (Å²) >= 11 is 0. The second-order valence-corrected chi connectivity index (χ2v) is 10.3. The van der Waals surface area contributed by atoms with Gasteiger partial charge in [0.2, 0.25) is 10.0 Å². The number of alkyl halides is 1. The highest BCUT2D eigenvalue weighted by molar-refractivity contribution is 7.92. The third-order valence-electron chi connectivity index (χ3n) is 6.12. The molecular formula is C22H29FN2O5S. The molecule has 3 rings (SSSR count). The average molecular weight is 453 g/mol. The van der Waals surface area contributed by atoms with Crippen molar-refractivity contribution in [1.29, 1.82) is 0 Å². The number of amides is 1. The van der Waals surface area contributed by atoms with Gasteiger partial charge in [0, 0.05) is 50.0 Å². The molecule has 0 atom stereocenters. The normalized spacial score (nSPS) is 20.4. The van der Waals surface area contributed by atoms with Crippen molar-refractivity contribution in [3.63, 3.8) is 0 Å². The quantitative estimate of drug-likeness (QED) is 0.739. The zero-order chi connectivity index (χ0) is 22.8. The predicted octanol–water partition coefficient (Wildman–Crippen LogP) is 2.21. The van der Waals surface area contributed by atoms with Crippen LogP contribution in [0.2, 0.25) is 0 Å². The van der Waals surface area contributed by atoms with Crippen LogP contribution in [0, 0.1) is 13.8 Å². The van der Waals surface area contributed by atoms with Gasteiger partial charge in [-0.1, -0.05) is 0 Å². The van der Waals surface area contributed by atoms with Gasteiger partial charge in [-0.05, 0) is 61.6 Å². The van der Waals surface area contributed by atoms with Crippen LogP contribution in [0.15, 0.2) is 17.5 Å². The maximum absolute atomic E-state index is 12.9. The molecule has 9 heteroatoms. The highest BCUT2D eigenvalue weighted by Gasteiger charge is 2.34. The Balaban J connectivity index is 1.74. The summed E-state index contributed by atoms with van der Waals surface area (Å²) in [7, 11) is -3.62. The van der Waals surface area contributed by atoms with Crippen LogP contribution in [0.4, 0.5) is 4.39 Å². The number of carbonyl (C=O) groups is 2. The lowest BCUT2D eigenvalue weighted by atomic mass is 9.92. The van der Waals surface area contributed by atoms with Crippen molar-refractivity contribution in [2.24, 2.45) is 0 Å². The fourth-order valence-corrected chi connectivity index (χ4v) is 5.21. The fourth-order valence-electron chi connectivity index (χ4n) is 4.03. The van der Waals surface area contributed by atoms with Crippen LogP contribution < -0.4 is 0 Å². The summed E-state index contributed by atoms with van der Waals surface area (Å²) in [5.41, 5.74) is 1.39. The molecule has 2 heterocycles. The van der Waals surface area contributed by atoms with E-state index in [1.807, 2.05) is 13.8 Å². The summed E-state index contributed by atoms with van der Waals surface area (Å²) in [6.07, 6.45) is 2.41. The molecule has 1 aromatic carbocycles. The molecule has 1 N–H and O–H groups in total. The second-order valence-electron chi connectivity index (χ2n) is 8.46. The van der Waals surface area contributed by atoms with Crippen LogP contribution in [0.5, 0.6) is 0 Å². The van der Waals surface area contributed by atoms with E-state index in [1.54, 1.807) is 17.0 Å². The van der Waals surface area contributed by atoms with E-state index >= 15 is 0 Å². The van der Waals surface area contributed by atoms with Gasteiger partial charge in [0.15, 0.2) is 0 Å². The van der Waals surface area contributed by atoms with Crippen molar-refractivity contribution in [3.8, 4) is 0 Å². The minimum atomic E-state index is -3.62. The first-order valence-corrected chi connectivity index (χ1v) is 11.9. The number of halogens is 1. The maximum Gasteiger partial charge on any atom is 0.253 e. The van der Waals surface area contributed by atoms with Gasteiger partial charge in [-0.25, -0.2) is 12.8 Å². The Morgan fingerprint density at radius 3 is 2.19 bits per heavy atom. The van der Waals surface area contributed by atoms with Crippen molar-refractivity contribution in [1.82, 2.24) is 9.21 Å². The van der Waals surface area contributed by atoms with Crippen molar-refractivity contribution in [2.45, 2.75) is 45.1 Å². The van der Waals surface area contributed by atoms with Gasteiger partial charge >= 0.3 is 0 Å². The zero-order valence-electron chi connectivity index (χ0n) is 17.9. The van der Waals surface area contributed by atoms with Gasteiger partial charge in [-0.15, -0.1) is 0 Å². The van der Waals surface area contributed by atoms with Gasteiger partial charge < -0.3 is 10.0 Å². The van der Waals surface area contributed by atoms with E-state index in [1.165, 1.54) is 10.4 Å². The molecular weight excluding hydrogens is 423 g/mol. The zero-order valence-corrected chi connectivity index (χ0v) is 18.8. The molecule has 0 radical (unpaired) electrons. The number of hydrogen-bond donors (Lipinski definition) is 1. The summed E-state index contributed by atoms with van der Waals surface area (Å²) in [5, 5.41) is 11.2. The van der Waals surface area contributed by atoms with Crippen LogP contribution in [-0.4, -0.2) is 72.9 Å². The van der Waals surface area contributed by atoms with E-state index in [2.05, 4.69) is 0 Å². The third-order valence-corrected chi connectivity index (χ3v) is 7.68. The first kappa shape index (κ1) is 23.6. The molecule has 0 unspecified atom stereocenters. The summed E-state index contributed by atoms with van der Waals surface area (Å²) in [6.45, 7) is 3.78. The minimum absolute atomic E-state index is 0.0745. The first-order chi connectivity index (χ1) is 14.5. The topological polar surface area (TPSA) is 95.0 Å². The molecule has 170 valence electrons. The van der Waals surface area contributed by atoms with Crippen molar-refractivity contribution in [2.75, 3.05) is 32.9 Å².